The molecule has 4 nitrogen and oxygen atoms in total. The molecule has 0 amide bonds. The van der Waals surface area contributed by atoms with Gasteiger partial charge in [0.15, 0.2) is 0 Å². The van der Waals surface area contributed by atoms with Gasteiger partial charge in [0.1, 0.15) is 11.5 Å². The Labute approximate surface area is 144 Å². The summed E-state index contributed by atoms with van der Waals surface area (Å²) < 4.78 is 26.7. The van der Waals surface area contributed by atoms with Crippen LogP contribution in [0.25, 0.3) is 21.5 Å². The average Bonchev–Trinajstić information content (AvgIpc) is 2.60. The molecule has 0 heterocycles. The first-order chi connectivity index (χ1) is 12.0. The Morgan fingerprint density at radius 2 is 1.00 bits per heavy atom. The van der Waals surface area contributed by atoms with Gasteiger partial charge in [-0.15, -0.1) is 0 Å². The highest BCUT2D eigenvalue weighted by Crippen LogP contribution is 2.36. The zero-order valence-electron chi connectivity index (χ0n) is 13.0. The minimum absolute atomic E-state index is 0.0128. The highest BCUT2D eigenvalue weighted by atomic mass is 32.2. The summed E-state index contributed by atoms with van der Waals surface area (Å²) in [7, 11) is -3.96. The van der Waals surface area contributed by atoms with Crippen LogP contribution in [0.4, 0.5) is 0 Å². The molecule has 0 bridgehead atoms. The Balaban J connectivity index is 2.11. The molecule has 0 aromatic heterocycles. The first kappa shape index (κ1) is 15.5. The lowest BCUT2D eigenvalue weighted by atomic mass is 10.1. The largest absolute Gasteiger partial charge is 0.508 e. The topological polar surface area (TPSA) is 74.6 Å². The van der Waals surface area contributed by atoms with E-state index in [0.717, 1.165) is 0 Å². The number of phenols is 2. The van der Waals surface area contributed by atoms with E-state index in [1.54, 1.807) is 48.5 Å². The van der Waals surface area contributed by atoms with E-state index < -0.39 is 9.84 Å². The summed E-state index contributed by atoms with van der Waals surface area (Å²) in [6.07, 6.45) is 0. The first-order valence-electron chi connectivity index (χ1n) is 7.65. The Morgan fingerprint density at radius 3 is 1.44 bits per heavy atom. The molecule has 0 saturated carbocycles. The molecule has 2 N–H and O–H groups in total. The summed E-state index contributed by atoms with van der Waals surface area (Å²) in [4.78, 5) is 0.0257. The third kappa shape index (κ3) is 2.49. The molecule has 0 atom stereocenters. The molecule has 0 saturated heterocycles. The summed E-state index contributed by atoms with van der Waals surface area (Å²) in [6, 6.07) is 19.5. The highest BCUT2D eigenvalue weighted by Gasteiger charge is 2.24. The van der Waals surface area contributed by atoms with Crippen molar-refractivity contribution >= 4 is 31.4 Å². The molecule has 0 spiro atoms. The second-order valence-electron chi connectivity index (χ2n) is 5.83. The van der Waals surface area contributed by atoms with E-state index in [9.17, 15) is 18.6 Å². The quantitative estimate of drug-likeness (QED) is 0.567. The third-order valence-corrected chi connectivity index (χ3v) is 6.03. The van der Waals surface area contributed by atoms with Crippen LogP contribution in [0.3, 0.4) is 0 Å². The summed E-state index contributed by atoms with van der Waals surface area (Å²) >= 11 is 0. The van der Waals surface area contributed by atoms with Crippen molar-refractivity contribution in [1.82, 2.24) is 0 Å². The van der Waals surface area contributed by atoms with Gasteiger partial charge < -0.3 is 10.2 Å². The molecule has 0 aliphatic rings. The molecule has 4 aromatic carbocycles. The first-order valence-corrected chi connectivity index (χ1v) is 9.14. The summed E-state index contributed by atoms with van der Waals surface area (Å²) in [5, 5.41) is 22.3. The van der Waals surface area contributed by atoms with Crippen molar-refractivity contribution in [2.45, 2.75) is 9.79 Å². The van der Waals surface area contributed by atoms with Crippen LogP contribution < -0.4 is 0 Å². The van der Waals surface area contributed by atoms with Crippen molar-refractivity contribution in [1.29, 1.82) is 0 Å². The lowest BCUT2D eigenvalue weighted by molar-refractivity contribution is 0.474. The normalized spacial score (nSPS) is 11.8. The summed E-state index contributed by atoms with van der Waals surface area (Å²) in [5.41, 5.74) is 0. The van der Waals surface area contributed by atoms with Crippen molar-refractivity contribution in [2.24, 2.45) is 0 Å². The molecule has 124 valence electrons. The minimum Gasteiger partial charge on any atom is -0.508 e. The number of aromatic hydroxyl groups is 2. The second-order valence-corrected chi connectivity index (χ2v) is 7.72. The number of phenolic OH excluding ortho intramolecular Hbond substituents is 2. The van der Waals surface area contributed by atoms with Crippen molar-refractivity contribution in [3.05, 3.63) is 72.8 Å². The van der Waals surface area contributed by atoms with Gasteiger partial charge in [0.2, 0.25) is 9.84 Å². The maximum Gasteiger partial charge on any atom is 0.208 e. The number of rotatable bonds is 2. The van der Waals surface area contributed by atoms with Crippen molar-refractivity contribution in [3.63, 3.8) is 0 Å². The predicted molar refractivity (Wildman–Crippen MR) is 96.7 cm³/mol. The molecule has 25 heavy (non-hydrogen) atoms. The van der Waals surface area contributed by atoms with Crippen LogP contribution in [-0.4, -0.2) is 18.6 Å². The standard InChI is InChI=1S/C20H14O4S/c21-15-9-13-5-1-3-7-17(13)19(11-15)25(23,24)20-12-16(22)10-14-6-2-4-8-18(14)20/h1-12,21-22H. The maximum atomic E-state index is 13.3. The van der Waals surface area contributed by atoms with Crippen LogP contribution in [0.5, 0.6) is 11.5 Å². The molecule has 0 fully saturated rings. The lowest BCUT2D eigenvalue weighted by Crippen LogP contribution is -2.04. The Hall–Kier alpha value is -3.05. The van der Waals surface area contributed by atoms with Crippen molar-refractivity contribution < 1.29 is 18.6 Å². The average molecular weight is 350 g/mol. The smallest absolute Gasteiger partial charge is 0.208 e. The molecule has 0 aliphatic carbocycles. The summed E-state index contributed by atoms with van der Waals surface area (Å²) in [5.74, 6) is -0.247. The van der Waals surface area contributed by atoms with Gasteiger partial charge in [-0.25, -0.2) is 8.42 Å². The summed E-state index contributed by atoms with van der Waals surface area (Å²) in [6.45, 7) is 0. The molecule has 5 heteroatoms. The van der Waals surface area contributed by atoms with E-state index in [1.165, 1.54) is 24.3 Å². The maximum absolute atomic E-state index is 13.3. The van der Waals surface area contributed by atoms with Crippen LogP contribution in [0, 0.1) is 0 Å². The van der Waals surface area contributed by atoms with E-state index in [4.69, 9.17) is 0 Å². The van der Waals surface area contributed by atoms with E-state index in [2.05, 4.69) is 0 Å². The number of benzene rings is 4. The van der Waals surface area contributed by atoms with Gasteiger partial charge in [-0.3, -0.25) is 0 Å². The number of sulfone groups is 1. The van der Waals surface area contributed by atoms with Crippen molar-refractivity contribution in [2.75, 3.05) is 0 Å². The van der Waals surface area contributed by atoms with Gasteiger partial charge in [0.05, 0.1) is 9.79 Å². The molecule has 0 aliphatic heterocycles. The van der Waals surface area contributed by atoms with E-state index in [1.807, 2.05) is 0 Å². The fraction of sp³-hybridized carbons (Fsp3) is 0. The van der Waals surface area contributed by atoms with Gasteiger partial charge in [-0.2, -0.15) is 0 Å². The SMILES string of the molecule is O=S(=O)(c1cc(O)cc2ccccc12)c1cc(O)cc2ccccc12. The molecule has 0 unspecified atom stereocenters. The minimum atomic E-state index is -3.96. The fourth-order valence-corrected chi connectivity index (χ4v) is 4.82. The van der Waals surface area contributed by atoms with Crippen LogP contribution in [0.15, 0.2) is 82.6 Å². The number of hydrogen-bond acceptors (Lipinski definition) is 4. The van der Waals surface area contributed by atoms with E-state index in [0.29, 0.717) is 21.5 Å². The molecular formula is C20H14O4S. The number of hydrogen-bond donors (Lipinski definition) is 2. The van der Waals surface area contributed by atoms with Crippen LogP contribution in [-0.2, 0) is 9.84 Å². The lowest BCUT2D eigenvalue weighted by Gasteiger charge is -2.12. The predicted octanol–water partition coefficient (Wildman–Crippen LogP) is 4.24. The Kier molecular flexibility index (Phi) is 3.40. The van der Waals surface area contributed by atoms with Gasteiger partial charge in [-0.1, -0.05) is 48.5 Å². The van der Waals surface area contributed by atoms with Gasteiger partial charge in [0, 0.05) is 10.8 Å². The molecule has 4 rings (SSSR count). The Morgan fingerprint density at radius 1 is 0.600 bits per heavy atom. The molecule has 0 radical (unpaired) electrons. The van der Waals surface area contributed by atoms with Gasteiger partial charge in [-0.05, 0) is 35.0 Å². The molecular weight excluding hydrogens is 336 g/mol. The van der Waals surface area contributed by atoms with Crippen LogP contribution in [0.2, 0.25) is 0 Å². The van der Waals surface area contributed by atoms with E-state index >= 15 is 0 Å². The van der Waals surface area contributed by atoms with Gasteiger partial charge >= 0.3 is 0 Å². The second kappa shape index (κ2) is 5.50. The number of fused-ring (bicyclic) bond motifs is 2. The zero-order valence-corrected chi connectivity index (χ0v) is 13.9. The third-order valence-electron chi connectivity index (χ3n) is 4.20. The van der Waals surface area contributed by atoms with Crippen LogP contribution in [0.1, 0.15) is 0 Å². The highest BCUT2D eigenvalue weighted by molar-refractivity contribution is 7.92. The van der Waals surface area contributed by atoms with E-state index in [-0.39, 0.29) is 21.3 Å². The van der Waals surface area contributed by atoms with Crippen LogP contribution >= 0.6 is 0 Å². The monoisotopic (exact) mass is 350 g/mol. The van der Waals surface area contributed by atoms with Gasteiger partial charge in [0.25, 0.3) is 0 Å². The Bertz CT molecular complexity index is 1140. The van der Waals surface area contributed by atoms with Crippen molar-refractivity contribution in [3.8, 4) is 11.5 Å². The fourth-order valence-electron chi connectivity index (χ4n) is 3.08. The molecule has 4 aromatic rings. The zero-order chi connectivity index (χ0) is 17.6.